The molecule has 25 heteroatoms. The number of carboxylic acids is 2. The zero-order chi connectivity index (χ0) is 49.0. The van der Waals surface area contributed by atoms with Crippen molar-refractivity contribution in [2.24, 2.45) is 23.1 Å². The molecule has 0 fully saturated rings. The van der Waals surface area contributed by atoms with E-state index in [1.165, 1.54) is 0 Å². The highest BCUT2D eigenvalue weighted by atomic mass is 32.1. The molecule has 1 heterocycles. The molecule has 2 aromatic rings. The summed E-state index contributed by atoms with van der Waals surface area (Å²) in [5.41, 5.74) is 18.3. The standard InChI is InChI=1S/C40H61N11O13S/c1-19(2)32(51-34(57)23(42)9-6-7-13-41)39(62)48-26(14-21-16-44-24-10-5-4-8-22(21)24)37(60)46-25(11-12-30(43)53)35(58)47-27(15-31(54)55)36(59)45-20(3)33(56)50-29(18-65)38(61)49-28(17-52)40(63)64/h4-5,8,10,16,19-20,23,25-29,32,44,52,65H,6-7,9,11-15,17-18,41-42H2,1-3H3,(H2,43,53)(H,45,59)(H,46,60)(H,47,58)(H,48,62)(H,49,61)(H,50,56)(H,51,57)(H,54,55)(H,63,64)/t20-,23-,25-,26-,27-,28-,29-,32-/m0/s1. The minimum atomic E-state index is -1.90. The van der Waals surface area contributed by atoms with Gasteiger partial charge in [0.2, 0.25) is 47.3 Å². The maximum absolute atomic E-state index is 14.2. The first-order valence-corrected chi connectivity index (χ1v) is 21.3. The van der Waals surface area contributed by atoms with Gasteiger partial charge in [0, 0.05) is 35.7 Å². The highest BCUT2D eigenvalue weighted by Gasteiger charge is 2.35. The van der Waals surface area contributed by atoms with E-state index < -0.39 is 139 Å². The van der Waals surface area contributed by atoms with Gasteiger partial charge >= 0.3 is 11.9 Å². The van der Waals surface area contributed by atoms with E-state index >= 15 is 0 Å². The van der Waals surface area contributed by atoms with Crippen LogP contribution in [0.4, 0.5) is 0 Å². The van der Waals surface area contributed by atoms with Gasteiger partial charge in [-0.05, 0) is 50.3 Å². The molecule has 2 rings (SSSR count). The quantitative estimate of drug-likeness (QED) is 0.0273. The van der Waals surface area contributed by atoms with Crippen LogP contribution in [0.1, 0.15) is 64.9 Å². The third-order valence-corrected chi connectivity index (χ3v) is 10.3. The summed E-state index contributed by atoms with van der Waals surface area (Å²) < 4.78 is 0. The highest BCUT2D eigenvalue weighted by Crippen LogP contribution is 2.20. The number of aliphatic hydroxyl groups excluding tert-OH is 1. The minimum Gasteiger partial charge on any atom is -0.481 e. The number of amides is 8. The van der Waals surface area contributed by atoms with Gasteiger partial charge in [-0.2, -0.15) is 12.6 Å². The van der Waals surface area contributed by atoms with Crippen molar-refractivity contribution in [3.63, 3.8) is 0 Å². The van der Waals surface area contributed by atoms with Crippen molar-refractivity contribution in [3.8, 4) is 0 Å². The van der Waals surface area contributed by atoms with E-state index in [0.29, 0.717) is 42.3 Å². The number of benzene rings is 1. The molecule has 360 valence electrons. The maximum Gasteiger partial charge on any atom is 0.328 e. The number of nitrogens with one attached hydrogen (secondary N) is 8. The third kappa shape index (κ3) is 18.0. The van der Waals surface area contributed by atoms with Crippen molar-refractivity contribution in [2.75, 3.05) is 18.9 Å². The van der Waals surface area contributed by atoms with Crippen molar-refractivity contribution < 1.29 is 63.3 Å². The Hall–Kier alpha value is -6.31. The van der Waals surface area contributed by atoms with Crippen LogP contribution in [0.3, 0.4) is 0 Å². The van der Waals surface area contributed by atoms with Gasteiger partial charge in [-0.25, -0.2) is 4.79 Å². The van der Waals surface area contributed by atoms with Crippen molar-refractivity contribution in [3.05, 3.63) is 36.0 Å². The van der Waals surface area contributed by atoms with Crippen molar-refractivity contribution in [1.29, 1.82) is 0 Å². The van der Waals surface area contributed by atoms with Crippen molar-refractivity contribution in [1.82, 2.24) is 42.2 Å². The average Bonchev–Trinajstić information content (AvgIpc) is 3.66. The van der Waals surface area contributed by atoms with Crippen molar-refractivity contribution >= 4 is 82.7 Å². The second-order valence-electron chi connectivity index (χ2n) is 15.5. The number of nitrogens with two attached hydrogens (primary N) is 3. The number of aliphatic hydroxyl groups is 1. The molecule has 1 aromatic heterocycles. The fourth-order valence-corrected chi connectivity index (χ4v) is 6.50. The molecule has 24 nitrogen and oxygen atoms in total. The summed E-state index contributed by atoms with van der Waals surface area (Å²) in [6.07, 6.45) is 0.987. The summed E-state index contributed by atoms with van der Waals surface area (Å²) in [6.45, 7) is 3.93. The first kappa shape index (κ1) is 54.8. The molecule has 0 aliphatic carbocycles. The summed E-state index contributed by atoms with van der Waals surface area (Å²) in [4.78, 5) is 132. The van der Waals surface area contributed by atoms with E-state index in [9.17, 15) is 58.2 Å². The Labute approximate surface area is 379 Å². The fourth-order valence-electron chi connectivity index (χ4n) is 6.24. The number of carbonyl (C=O) groups excluding carboxylic acids is 8. The number of primary amides is 1. The number of hydrogen-bond acceptors (Lipinski definition) is 14. The molecule has 1 aromatic carbocycles. The molecule has 0 unspecified atom stereocenters. The fraction of sp³-hybridized carbons (Fsp3) is 0.550. The molecule has 0 saturated carbocycles. The van der Waals surface area contributed by atoms with Gasteiger partial charge in [0.15, 0.2) is 0 Å². The van der Waals surface area contributed by atoms with Crippen LogP contribution in [0.5, 0.6) is 0 Å². The minimum absolute atomic E-state index is 0.162. The lowest BCUT2D eigenvalue weighted by Gasteiger charge is -2.28. The zero-order valence-corrected chi connectivity index (χ0v) is 37.2. The summed E-state index contributed by atoms with van der Waals surface area (Å²) in [5, 5.41) is 45.1. The zero-order valence-electron chi connectivity index (χ0n) is 36.3. The number of H-pyrrole nitrogens is 1. The van der Waals surface area contributed by atoms with Gasteiger partial charge in [-0.1, -0.05) is 38.5 Å². The number of carboxylic acid groups (broad SMARTS) is 2. The molecule has 0 spiro atoms. The third-order valence-electron chi connectivity index (χ3n) is 9.97. The lowest BCUT2D eigenvalue weighted by atomic mass is 9.99. The number of rotatable bonds is 29. The SMILES string of the molecule is CC(C)[C@H](NC(=O)[C@@H](N)CCCCN)C(=O)N[C@@H](Cc1c[nH]c2ccccc12)C(=O)N[C@@H](CCC(N)=O)C(=O)N[C@@H](CC(=O)O)C(=O)N[C@@H](C)C(=O)N[C@@H](CS)C(=O)N[C@@H](CO)C(=O)O. The van der Waals surface area contributed by atoms with Gasteiger partial charge in [-0.15, -0.1) is 0 Å². The second kappa shape index (κ2) is 27.1. The number of carbonyl (C=O) groups is 10. The van der Waals surface area contributed by atoms with E-state index in [1.54, 1.807) is 44.3 Å². The first-order valence-electron chi connectivity index (χ1n) is 20.7. The molecule has 0 aliphatic heterocycles. The smallest absolute Gasteiger partial charge is 0.328 e. The molecule has 0 radical (unpaired) electrons. The predicted octanol–water partition coefficient (Wildman–Crippen LogP) is -4.02. The summed E-state index contributed by atoms with van der Waals surface area (Å²) >= 11 is 3.97. The lowest BCUT2D eigenvalue weighted by Crippen LogP contribution is -2.61. The van der Waals surface area contributed by atoms with Crippen LogP contribution in [-0.4, -0.2) is 147 Å². The second-order valence-corrected chi connectivity index (χ2v) is 15.9. The van der Waals surface area contributed by atoms with E-state index in [2.05, 4.69) is 49.5 Å². The van der Waals surface area contributed by atoms with Gasteiger partial charge < -0.3 is 74.7 Å². The topological polar surface area (TPSA) is 409 Å². The van der Waals surface area contributed by atoms with E-state index in [0.717, 1.165) is 6.92 Å². The normalized spacial score (nSPS) is 14.8. The monoisotopic (exact) mass is 935 g/mol. The van der Waals surface area contributed by atoms with Crippen LogP contribution in [0.25, 0.3) is 10.9 Å². The molecule has 8 amide bonds. The summed E-state index contributed by atoms with van der Waals surface area (Å²) in [6, 6.07) is -4.68. The highest BCUT2D eigenvalue weighted by molar-refractivity contribution is 7.80. The number of unbranched alkanes of at least 4 members (excludes halogenated alkanes) is 1. The summed E-state index contributed by atoms with van der Waals surface area (Å²) in [5.74, 6) is -11.6. The number of thiol groups is 1. The predicted molar refractivity (Wildman–Crippen MR) is 236 cm³/mol. The number of aromatic amines is 1. The van der Waals surface area contributed by atoms with E-state index in [4.69, 9.17) is 22.3 Å². The van der Waals surface area contributed by atoms with Crippen LogP contribution >= 0.6 is 12.6 Å². The Bertz CT molecular complexity index is 2020. The molecule has 0 saturated heterocycles. The van der Waals surface area contributed by atoms with Crippen molar-refractivity contribution in [2.45, 2.75) is 114 Å². The molecular formula is C40H61N11O13S. The van der Waals surface area contributed by atoms with Gasteiger partial charge in [-0.3, -0.25) is 43.2 Å². The Morgan fingerprint density at radius 3 is 1.85 bits per heavy atom. The Morgan fingerprint density at radius 1 is 0.692 bits per heavy atom. The number of aromatic nitrogens is 1. The van der Waals surface area contributed by atoms with Crippen LogP contribution in [0, 0.1) is 5.92 Å². The van der Waals surface area contributed by atoms with Gasteiger partial charge in [0.25, 0.3) is 0 Å². The average molecular weight is 936 g/mol. The molecule has 0 aliphatic rings. The summed E-state index contributed by atoms with van der Waals surface area (Å²) in [7, 11) is 0. The number of hydrogen-bond donors (Lipinski definition) is 15. The first-order chi connectivity index (χ1) is 30.6. The van der Waals surface area contributed by atoms with Gasteiger partial charge in [0.1, 0.15) is 42.3 Å². The Balaban J connectivity index is 2.38. The maximum atomic E-state index is 14.2. The van der Waals surface area contributed by atoms with E-state index in [1.807, 2.05) is 5.32 Å². The lowest BCUT2D eigenvalue weighted by molar-refractivity contribution is -0.143. The Kier molecular flexibility index (Phi) is 22.9. The molecule has 65 heavy (non-hydrogen) atoms. The van der Waals surface area contributed by atoms with Crippen LogP contribution < -0.4 is 54.4 Å². The molecule has 8 atom stereocenters. The largest absolute Gasteiger partial charge is 0.481 e. The Morgan fingerprint density at radius 2 is 1.26 bits per heavy atom. The molecule has 0 bridgehead atoms. The number of fused-ring (bicyclic) bond motifs is 1. The molecule has 17 N–H and O–H groups in total. The number of para-hydroxylation sites is 1. The van der Waals surface area contributed by atoms with Crippen LogP contribution in [0.2, 0.25) is 0 Å². The van der Waals surface area contributed by atoms with Crippen LogP contribution in [-0.2, 0) is 54.4 Å². The number of aliphatic carboxylic acids is 2. The molecular weight excluding hydrogens is 875 g/mol. The van der Waals surface area contributed by atoms with E-state index in [-0.39, 0.29) is 12.2 Å². The van der Waals surface area contributed by atoms with Crippen LogP contribution in [0.15, 0.2) is 30.5 Å². The van der Waals surface area contributed by atoms with Gasteiger partial charge in [0.05, 0.1) is 19.1 Å².